The molecule has 0 atom stereocenters. The van der Waals surface area contributed by atoms with Crippen LogP contribution in [0.15, 0.2) is 64.2 Å². The van der Waals surface area contributed by atoms with Gasteiger partial charge in [-0.05, 0) is 55.0 Å². The Morgan fingerprint density at radius 3 is 2.43 bits per heavy atom. The molecular formula is C18H14F3N3O5S. The predicted molar refractivity (Wildman–Crippen MR) is 99.6 cm³/mol. The minimum atomic E-state index is -4.86. The molecule has 0 aliphatic rings. The molecule has 0 aliphatic carbocycles. The van der Waals surface area contributed by atoms with Crippen LogP contribution in [-0.4, -0.2) is 25.7 Å². The number of hydrogen-bond donors (Lipinski definition) is 2. The third kappa shape index (κ3) is 5.29. The summed E-state index contributed by atoms with van der Waals surface area (Å²) in [5.41, 5.74) is 0.668. The Hall–Kier alpha value is -3.54. The Kier molecular flexibility index (Phi) is 5.69. The number of anilines is 2. The monoisotopic (exact) mass is 441 g/mol. The van der Waals surface area contributed by atoms with Crippen LogP contribution in [0.25, 0.3) is 0 Å². The fourth-order valence-corrected chi connectivity index (χ4v) is 3.30. The lowest BCUT2D eigenvalue weighted by Crippen LogP contribution is -2.17. The Morgan fingerprint density at radius 1 is 1.10 bits per heavy atom. The summed E-state index contributed by atoms with van der Waals surface area (Å²) >= 11 is 0. The average Bonchev–Trinajstić information content (AvgIpc) is 3.15. The fourth-order valence-electron chi connectivity index (χ4n) is 2.30. The number of carbonyl (C=O) groups excluding carboxylic acids is 1. The molecule has 12 heteroatoms. The quantitative estimate of drug-likeness (QED) is 0.600. The first-order valence-electron chi connectivity index (χ1n) is 8.25. The lowest BCUT2D eigenvalue weighted by atomic mass is 10.3. The molecule has 0 radical (unpaired) electrons. The van der Waals surface area contributed by atoms with Crippen molar-refractivity contribution in [3.8, 4) is 5.75 Å². The second kappa shape index (κ2) is 8.06. The molecule has 0 bridgehead atoms. The third-order valence-electron chi connectivity index (χ3n) is 3.65. The van der Waals surface area contributed by atoms with Gasteiger partial charge in [-0.3, -0.25) is 9.52 Å². The molecule has 2 heterocycles. The van der Waals surface area contributed by atoms with Crippen molar-refractivity contribution in [1.82, 2.24) is 4.98 Å². The zero-order valence-electron chi connectivity index (χ0n) is 15.2. The Bertz CT molecular complexity index is 1160. The van der Waals surface area contributed by atoms with Crippen LogP contribution < -0.4 is 14.8 Å². The van der Waals surface area contributed by atoms with Gasteiger partial charge >= 0.3 is 6.36 Å². The van der Waals surface area contributed by atoms with E-state index in [9.17, 15) is 26.4 Å². The second-order valence-electron chi connectivity index (χ2n) is 5.92. The number of pyridine rings is 1. The highest BCUT2D eigenvalue weighted by atomic mass is 32.2. The highest BCUT2D eigenvalue weighted by Crippen LogP contribution is 2.25. The first kappa shape index (κ1) is 21.2. The van der Waals surface area contributed by atoms with E-state index < -0.39 is 33.1 Å². The van der Waals surface area contributed by atoms with Crippen molar-refractivity contribution in [2.75, 3.05) is 10.0 Å². The van der Waals surface area contributed by atoms with E-state index in [1.807, 2.05) is 0 Å². The summed E-state index contributed by atoms with van der Waals surface area (Å²) in [5.74, 6) is -1.18. The first-order valence-corrected chi connectivity index (χ1v) is 9.73. The summed E-state index contributed by atoms with van der Waals surface area (Å²) in [4.78, 5) is 16.3. The van der Waals surface area contributed by atoms with Crippen LogP contribution in [0.4, 0.5) is 24.7 Å². The number of ether oxygens (including phenoxy) is 1. The Labute approximate surface area is 168 Å². The number of rotatable bonds is 6. The van der Waals surface area contributed by atoms with Crippen LogP contribution in [0.1, 0.15) is 16.1 Å². The van der Waals surface area contributed by atoms with Crippen molar-refractivity contribution >= 4 is 27.4 Å². The number of aromatic nitrogens is 1. The molecule has 3 aromatic rings. The SMILES string of the molecule is Cc1cccnc1NC(=O)c1ccc(S(=O)(=O)Nc2ccc(OC(F)(F)F)cc2)o1. The molecule has 8 nitrogen and oxygen atoms in total. The van der Waals surface area contributed by atoms with E-state index in [2.05, 4.69) is 19.8 Å². The van der Waals surface area contributed by atoms with Gasteiger partial charge in [-0.15, -0.1) is 13.2 Å². The Balaban J connectivity index is 1.71. The third-order valence-corrected chi connectivity index (χ3v) is 4.91. The lowest BCUT2D eigenvalue weighted by Gasteiger charge is -2.10. The number of halogens is 3. The van der Waals surface area contributed by atoms with Gasteiger partial charge in [-0.2, -0.15) is 8.42 Å². The van der Waals surface area contributed by atoms with Gasteiger partial charge in [0.15, 0.2) is 5.76 Å². The van der Waals surface area contributed by atoms with Crippen molar-refractivity contribution in [2.24, 2.45) is 0 Å². The van der Waals surface area contributed by atoms with Crippen molar-refractivity contribution in [2.45, 2.75) is 18.4 Å². The van der Waals surface area contributed by atoms with Gasteiger partial charge < -0.3 is 14.5 Å². The van der Waals surface area contributed by atoms with Crippen LogP contribution in [0.2, 0.25) is 0 Å². The molecule has 1 aromatic carbocycles. The number of nitrogens with zero attached hydrogens (tertiary/aromatic N) is 1. The normalized spacial score (nSPS) is 11.7. The van der Waals surface area contributed by atoms with E-state index in [0.29, 0.717) is 11.4 Å². The molecule has 0 unspecified atom stereocenters. The highest BCUT2D eigenvalue weighted by molar-refractivity contribution is 7.92. The number of alkyl halides is 3. The molecule has 0 fully saturated rings. The fraction of sp³-hybridized carbons (Fsp3) is 0.111. The summed E-state index contributed by atoms with van der Waals surface area (Å²) < 4.78 is 72.3. The molecule has 2 N–H and O–H groups in total. The maximum absolute atomic E-state index is 12.4. The van der Waals surface area contributed by atoms with E-state index in [1.54, 1.807) is 19.1 Å². The molecule has 3 rings (SSSR count). The molecule has 30 heavy (non-hydrogen) atoms. The van der Waals surface area contributed by atoms with E-state index in [-0.39, 0.29) is 11.4 Å². The molecule has 0 spiro atoms. The zero-order valence-corrected chi connectivity index (χ0v) is 16.0. The van der Waals surface area contributed by atoms with E-state index in [4.69, 9.17) is 4.42 Å². The average molecular weight is 441 g/mol. The van der Waals surface area contributed by atoms with Gasteiger partial charge in [0, 0.05) is 11.9 Å². The van der Waals surface area contributed by atoms with Gasteiger partial charge in [-0.25, -0.2) is 4.98 Å². The topological polar surface area (TPSA) is 111 Å². The molecule has 0 aliphatic heterocycles. The van der Waals surface area contributed by atoms with Crippen molar-refractivity contribution < 1.29 is 35.5 Å². The minimum absolute atomic E-state index is 0.0314. The van der Waals surface area contributed by atoms with E-state index in [0.717, 1.165) is 30.3 Å². The van der Waals surface area contributed by atoms with Gasteiger partial charge in [0.05, 0.1) is 0 Å². The molecule has 158 valence electrons. The number of amides is 1. The van der Waals surface area contributed by atoms with Crippen LogP contribution >= 0.6 is 0 Å². The Morgan fingerprint density at radius 2 is 1.80 bits per heavy atom. The molecule has 1 amide bonds. The van der Waals surface area contributed by atoms with Gasteiger partial charge in [0.25, 0.3) is 15.9 Å². The number of hydrogen-bond acceptors (Lipinski definition) is 6. The molecule has 0 saturated carbocycles. The van der Waals surface area contributed by atoms with Crippen molar-refractivity contribution in [1.29, 1.82) is 0 Å². The molecule has 2 aromatic heterocycles. The van der Waals surface area contributed by atoms with Crippen LogP contribution in [0.5, 0.6) is 5.75 Å². The van der Waals surface area contributed by atoms with Crippen LogP contribution in [-0.2, 0) is 10.0 Å². The number of aryl methyl sites for hydroxylation is 1. The standard InChI is InChI=1S/C18H14F3N3O5S/c1-11-3-2-10-22-16(11)23-17(25)14-8-9-15(28-14)30(26,27)24-12-4-6-13(7-5-12)29-18(19,20)21/h2-10,24H,1H3,(H,22,23,25). The summed E-state index contributed by atoms with van der Waals surface area (Å²) in [6, 6.07) is 9.72. The largest absolute Gasteiger partial charge is 0.573 e. The number of nitrogens with one attached hydrogen (secondary N) is 2. The predicted octanol–water partition coefficient (Wildman–Crippen LogP) is 3.93. The molecule has 0 saturated heterocycles. The highest BCUT2D eigenvalue weighted by Gasteiger charge is 2.31. The van der Waals surface area contributed by atoms with E-state index >= 15 is 0 Å². The maximum atomic E-state index is 12.4. The van der Waals surface area contributed by atoms with Crippen molar-refractivity contribution in [3.63, 3.8) is 0 Å². The number of benzene rings is 1. The van der Waals surface area contributed by atoms with Crippen LogP contribution in [0.3, 0.4) is 0 Å². The van der Waals surface area contributed by atoms with Gasteiger partial charge in [-0.1, -0.05) is 6.07 Å². The number of carbonyl (C=O) groups is 1. The van der Waals surface area contributed by atoms with Crippen molar-refractivity contribution in [3.05, 3.63) is 66.1 Å². The number of sulfonamides is 1. The van der Waals surface area contributed by atoms with Gasteiger partial charge in [0.2, 0.25) is 5.09 Å². The van der Waals surface area contributed by atoms with E-state index in [1.165, 1.54) is 12.3 Å². The minimum Gasteiger partial charge on any atom is -0.438 e. The van der Waals surface area contributed by atoms with Crippen LogP contribution in [0, 0.1) is 6.92 Å². The van der Waals surface area contributed by atoms with Gasteiger partial charge in [0.1, 0.15) is 11.6 Å². The summed E-state index contributed by atoms with van der Waals surface area (Å²) in [6.07, 6.45) is -3.38. The smallest absolute Gasteiger partial charge is 0.438 e. The maximum Gasteiger partial charge on any atom is 0.573 e. The zero-order chi connectivity index (χ0) is 21.9. The molecular weight excluding hydrogens is 427 g/mol. The summed E-state index contributed by atoms with van der Waals surface area (Å²) in [5, 5.41) is 1.95. The summed E-state index contributed by atoms with van der Waals surface area (Å²) in [6.45, 7) is 1.73. The second-order valence-corrected chi connectivity index (χ2v) is 7.53. The summed E-state index contributed by atoms with van der Waals surface area (Å²) in [7, 11) is -4.23. The first-order chi connectivity index (χ1) is 14.0. The number of furan rings is 1. The lowest BCUT2D eigenvalue weighted by molar-refractivity contribution is -0.274.